The Hall–Kier alpha value is -3.35. The number of hydrogen-bond donors (Lipinski definition) is 1. The Morgan fingerprint density at radius 2 is 1.76 bits per heavy atom. The maximum absolute atomic E-state index is 12.8. The number of urea groups is 1. The number of anilines is 1. The normalized spacial score (nSPS) is 14.5. The van der Waals surface area contributed by atoms with Crippen LogP contribution in [-0.4, -0.2) is 40.1 Å². The Kier molecular flexibility index (Phi) is 5.33. The highest BCUT2D eigenvalue weighted by molar-refractivity contribution is 6.12. The van der Waals surface area contributed by atoms with E-state index < -0.39 is 11.6 Å². The van der Waals surface area contributed by atoms with Gasteiger partial charge in [0.15, 0.2) is 5.60 Å². The molecule has 0 aliphatic carbocycles. The molecule has 0 radical (unpaired) electrons. The first kappa shape index (κ1) is 20.4. The van der Waals surface area contributed by atoms with Crippen molar-refractivity contribution in [1.82, 2.24) is 4.90 Å². The highest BCUT2D eigenvalue weighted by Gasteiger charge is 2.37. The minimum absolute atomic E-state index is 0.00880. The van der Waals surface area contributed by atoms with Crippen LogP contribution in [0.1, 0.15) is 30.5 Å². The third-order valence-electron chi connectivity index (χ3n) is 4.86. The van der Waals surface area contributed by atoms with E-state index in [1.807, 2.05) is 31.2 Å². The van der Waals surface area contributed by atoms with Gasteiger partial charge in [-0.05, 0) is 57.0 Å². The van der Waals surface area contributed by atoms with Crippen LogP contribution in [0.4, 0.5) is 10.5 Å². The first-order chi connectivity index (χ1) is 13.6. The lowest BCUT2D eigenvalue weighted by Gasteiger charge is -2.23. The standard InChI is InChI=1S/C22H24N2O5/c1-14-5-8-17(9-6-14)23-13-19(25)24(21(23)28)12-16-7-10-18(15(2)11-16)29-22(3,4)20(26)27/h5-11H,12-13H2,1-4H3,(H,26,27). The zero-order valence-corrected chi connectivity index (χ0v) is 16.9. The van der Waals surface area contributed by atoms with E-state index in [0.717, 1.165) is 16.7 Å². The monoisotopic (exact) mass is 396 g/mol. The number of hydrogen-bond acceptors (Lipinski definition) is 4. The van der Waals surface area contributed by atoms with E-state index >= 15 is 0 Å². The molecule has 2 aromatic carbocycles. The first-order valence-corrected chi connectivity index (χ1v) is 9.29. The Bertz CT molecular complexity index is 966. The van der Waals surface area contributed by atoms with Crippen molar-refractivity contribution in [3.8, 4) is 5.75 Å². The number of carboxylic acids is 1. The molecular formula is C22H24N2O5. The van der Waals surface area contributed by atoms with Crippen molar-refractivity contribution < 1.29 is 24.2 Å². The maximum atomic E-state index is 12.8. The summed E-state index contributed by atoms with van der Waals surface area (Å²) in [4.78, 5) is 39.1. The fraction of sp³-hybridized carbons (Fsp3) is 0.318. The molecule has 7 nitrogen and oxygen atoms in total. The molecule has 0 unspecified atom stereocenters. The summed E-state index contributed by atoms with van der Waals surface area (Å²) in [7, 11) is 0. The topological polar surface area (TPSA) is 87.2 Å². The van der Waals surface area contributed by atoms with Crippen LogP contribution in [0.3, 0.4) is 0 Å². The number of nitrogens with zero attached hydrogens (tertiary/aromatic N) is 2. The summed E-state index contributed by atoms with van der Waals surface area (Å²) >= 11 is 0. The molecule has 0 bridgehead atoms. The van der Waals surface area contributed by atoms with Crippen molar-refractivity contribution >= 4 is 23.6 Å². The molecule has 7 heteroatoms. The molecule has 1 saturated heterocycles. The van der Waals surface area contributed by atoms with Crippen LogP contribution in [0.25, 0.3) is 0 Å². The maximum Gasteiger partial charge on any atom is 0.347 e. The van der Waals surface area contributed by atoms with E-state index in [-0.39, 0.29) is 25.0 Å². The van der Waals surface area contributed by atoms with Gasteiger partial charge in [0.2, 0.25) is 0 Å². The van der Waals surface area contributed by atoms with Gasteiger partial charge >= 0.3 is 12.0 Å². The smallest absolute Gasteiger partial charge is 0.347 e. The number of ether oxygens (including phenoxy) is 1. The molecular weight excluding hydrogens is 372 g/mol. The van der Waals surface area contributed by atoms with Crippen molar-refractivity contribution in [2.45, 2.75) is 39.8 Å². The number of rotatable bonds is 6. The lowest BCUT2D eigenvalue weighted by atomic mass is 10.1. The van der Waals surface area contributed by atoms with Crippen LogP contribution in [0.2, 0.25) is 0 Å². The van der Waals surface area contributed by atoms with Crippen LogP contribution in [0.15, 0.2) is 42.5 Å². The molecule has 1 fully saturated rings. The van der Waals surface area contributed by atoms with E-state index in [2.05, 4.69) is 0 Å². The fourth-order valence-electron chi connectivity index (χ4n) is 3.05. The lowest BCUT2D eigenvalue weighted by molar-refractivity contribution is -0.152. The number of aryl methyl sites for hydroxylation is 2. The summed E-state index contributed by atoms with van der Waals surface area (Å²) in [5.41, 5.74) is 1.89. The van der Waals surface area contributed by atoms with Crippen molar-refractivity contribution in [3.63, 3.8) is 0 Å². The van der Waals surface area contributed by atoms with E-state index in [1.54, 1.807) is 25.1 Å². The molecule has 2 aromatic rings. The zero-order chi connectivity index (χ0) is 21.3. The largest absolute Gasteiger partial charge is 0.478 e. The van der Waals surface area contributed by atoms with E-state index in [4.69, 9.17) is 4.74 Å². The van der Waals surface area contributed by atoms with Gasteiger partial charge in [-0.3, -0.25) is 14.6 Å². The summed E-state index contributed by atoms with van der Waals surface area (Å²) in [6.07, 6.45) is 0. The summed E-state index contributed by atoms with van der Waals surface area (Å²) < 4.78 is 5.59. The van der Waals surface area contributed by atoms with E-state index in [9.17, 15) is 19.5 Å². The van der Waals surface area contributed by atoms with Gasteiger partial charge in [0.05, 0.1) is 6.54 Å². The highest BCUT2D eigenvalue weighted by Crippen LogP contribution is 2.27. The highest BCUT2D eigenvalue weighted by atomic mass is 16.5. The number of amides is 3. The molecule has 1 aliphatic heterocycles. The zero-order valence-electron chi connectivity index (χ0n) is 16.9. The number of benzene rings is 2. The quantitative estimate of drug-likeness (QED) is 0.755. The van der Waals surface area contributed by atoms with Crippen LogP contribution < -0.4 is 9.64 Å². The Labute approximate surface area is 169 Å². The van der Waals surface area contributed by atoms with Crippen LogP contribution >= 0.6 is 0 Å². The molecule has 0 atom stereocenters. The van der Waals surface area contributed by atoms with Gasteiger partial charge in [-0.25, -0.2) is 9.59 Å². The number of aliphatic carboxylic acids is 1. The van der Waals surface area contributed by atoms with Gasteiger partial charge in [-0.15, -0.1) is 0 Å². The molecule has 3 amide bonds. The van der Waals surface area contributed by atoms with Gasteiger partial charge < -0.3 is 9.84 Å². The van der Waals surface area contributed by atoms with Gasteiger partial charge in [-0.2, -0.15) is 0 Å². The SMILES string of the molecule is Cc1ccc(N2CC(=O)N(Cc3ccc(OC(C)(C)C(=O)O)c(C)c3)C2=O)cc1. The number of carbonyl (C=O) groups is 3. The molecule has 0 spiro atoms. The first-order valence-electron chi connectivity index (χ1n) is 9.29. The Balaban J connectivity index is 1.75. The summed E-state index contributed by atoms with van der Waals surface area (Å²) in [5, 5.41) is 9.22. The number of carboxylic acid groups (broad SMARTS) is 1. The van der Waals surface area contributed by atoms with Crippen LogP contribution in [0, 0.1) is 13.8 Å². The number of imide groups is 1. The molecule has 1 heterocycles. The molecule has 152 valence electrons. The molecule has 1 N–H and O–H groups in total. The third kappa shape index (κ3) is 4.23. The van der Waals surface area contributed by atoms with Gasteiger partial charge in [0, 0.05) is 5.69 Å². The predicted octanol–water partition coefficient (Wildman–Crippen LogP) is 3.51. The van der Waals surface area contributed by atoms with Crippen molar-refractivity contribution in [2.75, 3.05) is 11.4 Å². The minimum atomic E-state index is -1.36. The average molecular weight is 396 g/mol. The van der Waals surface area contributed by atoms with Crippen molar-refractivity contribution in [3.05, 3.63) is 59.2 Å². The fourth-order valence-corrected chi connectivity index (χ4v) is 3.05. The van der Waals surface area contributed by atoms with Crippen molar-refractivity contribution in [1.29, 1.82) is 0 Å². The van der Waals surface area contributed by atoms with Crippen LogP contribution in [-0.2, 0) is 16.1 Å². The van der Waals surface area contributed by atoms with Crippen molar-refractivity contribution in [2.24, 2.45) is 0 Å². The summed E-state index contributed by atoms with van der Waals surface area (Å²) in [6, 6.07) is 12.3. The van der Waals surface area contributed by atoms with Crippen LogP contribution in [0.5, 0.6) is 5.75 Å². The van der Waals surface area contributed by atoms with E-state index in [1.165, 1.54) is 23.6 Å². The van der Waals surface area contributed by atoms with Gasteiger partial charge in [-0.1, -0.05) is 29.8 Å². The second-order valence-corrected chi connectivity index (χ2v) is 7.70. The summed E-state index contributed by atoms with van der Waals surface area (Å²) in [5.74, 6) is -0.882. The molecule has 0 saturated carbocycles. The van der Waals surface area contributed by atoms with Gasteiger partial charge in [0.1, 0.15) is 12.3 Å². The second-order valence-electron chi connectivity index (χ2n) is 7.70. The molecule has 3 rings (SSSR count). The molecule has 1 aliphatic rings. The second kappa shape index (κ2) is 7.58. The predicted molar refractivity (Wildman–Crippen MR) is 108 cm³/mol. The molecule has 0 aromatic heterocycles. The third-order valence-corrected chi connectivity index (χ3v) is 4.86. The average Bonchev–Trinajstić information content (AvgIpc) is 2.92. The Morgan fingerprint density at radius 1 is 1.10 bits per heavy atom. The van der Waals surface area contributed by atoms with Gasteiger partial charge in [0.25, 0.3) is 5.91 Å². The summed E-state index contributed by atoms with van der Waals surface area (Å²) in [6.45, 7) is 6.86. The molecule has 29 heavy (non-hydrogen) atoms. The lowest BCUT2D eigenvalue weighted by Crippen LogP contribution is -2.38. The van der Waals surface area contributed by atoms with E-state index in [0.29, 0.717) is 11.4 Å². The number of carbonyl (C=O) groups excluding carboxylic acids is 2. The Morgan fingerprint density at radius 3 is 2.34 bits per heavy atom. The minimum Gasteiger partial charge on any atom is -0.478 e.